The Morgan fingerprint density at radius 2 is 1.78 bits per heavy atom. The largest absolute Gasteiger partial charge is 0.508 e. The zero-order valence-corrected chi connectivity index (χ0v) is 20.1. The van der Waals surface area contributed by atoms with Gasteiger partial charge in [0.2, 0.25) is 11.8 Å². The van der Waals surface area contributed by atoms with Crippen molar-refractivity contribution in [2.45, 2.75) is 72.2 Å². The van der Waals surface area contributed by atoms with Crippen LogP contribution >= 0.6 is 0 Å². The van der Waals surface area contributed by atoms with E-state index in [0.29, 0.717) is 5.56 Å². The van der Waals surface area contributed by atoms with Crippen LogP contribution in [0.5, 0.6) is 5.75 Å². The highest BCUT2D eigenvalue weighted by atomic mass is 16.6. The molecule has 0 spiro atoms. The molecule has 2 unspecified atom stereocenters. The molecule has 0 aliphatic heterocycles. The second kappa shape index (κ2) is 11.5. The first kappa shape index (κ1) is 27.0. The van der Waals surface area contributed by atoms with Crippen LogP contribution in [0.1, 0.15) is 60.1 Å². The number of nitrogens with one attached hydrogen (secondary N) is 2. The minimum Gasteiger partial charge on any atom is -0.508 e. The minimum absolute atomic E-state index is 0.0249. The van der Waals surface area contributed by atoms with Crippen molar-refractivity contribution < 1.29 is 24.2 Å². The number of alkyl carbamates (subject to hydrolysis) is 1. The first-order chi connectivity index (χ1) is 14.8. The van der Waals surface area contributed by atoms with Gasteiger partial charge in [0.05, 0.1) is 0 Å². The smallest absolute Gasteiger partial charge is 0.408 e. The Morgan fingerprint density at radius 1 is 1.16 bits per heavy atom. The quantitative estimate of drug-likeness (QED) is 0.502. The van der Waals surface area contributed by atoms with E-state index in [-0.39, 0.29) is 24.3 Å². The van der Waals surface area contributed by atoms with Crippen molar-refractivity contribution in [2.24, 2.45) is 5.92 Å². The van der Waals surface area contributed by atoms with Gasteiger partial charge in [0.25, 0.3) is 0 Å². The zero-order chi connectivity index (χ0) is 24.6. The number of phenols is 1. The predicted molar refractivity (Wildman–Crippen MR) is 124 cm³/mol. The van der Waals surface area contributed by atoms with Crippen LogP contribution in [0.2, 0.25) is 0 Å². The average molecular weight is 448 g/mol. The molecule has 1 rings (SSSR count). The molecule has 178 valence electrons. The Morgan fingerprint density at radius 3 is 2.25 bits per heavy atom. The molecule has 3 amide bonds. The van der Waals surface area contributed by atoms with Crippen molar-refractivity contribution in [3.63, 3.8) is 0 Å². The van der Waals surface area contributed by atoms with Crippen molar-refractivity contribution in [1.82, 2.24) is 15.5 Å². The van der Waals surface area contributed by atoms with Crippen LogP contribution in [-0.2, 0) is 14.3 Å². The van der Waals surface area contributed by atoms with E-state index in [2.05, 4.69) is 17.2 Å². The summed E-state index contributed by atoms with van der Waals surface area (Å²) < 4.78 is 5.32. The van der Waals surface area contributed by atoms with Crippen molar-refractivity contribution in [3.8, 4) is 5.75 Å². The number of hydrogen-bond acceptors (Lipinski definition) is 5. The molecule has 0 saturated carbocycles. The van der Waals surface area contributed by atoms with E-state index in [0.717, 1.165) is 0 Å². The third-order valence-electron chi connectivity index (χ3n) is 4.39. The number of carbonyl (C=O) groups excluding carboxylic acids is 3. The molecule has 1 aromatic rings. The second-order valence-electron chi connectivity index (χ2n) is 9.31. The van der Waals surface area contributed by atoms with Crippen LogP contribution in [0.25, 0.3) is 0 Å². The molecular weight excluding hydrogens is 410 g/mol. The minimum atomic E-state index is -1.03. The van der Waals surface area contributed by atoms with E-state index in [4.69, 9.17) is 4.74 Å². The van der Waals surface area contributed by atoms with Crippen molar-refractivity contribution in [3.05, 3.63) is 42.5 Å². The number of phenolic OH excluding ortho intramolecular Hbond substituents is 1. The summed E-state index contributed by atoms with van der Waals surface area (Å²) in [5.74, 6) is -1.16. The molecule has 0 bridgehead atoms. The molecule has 0 saturated heterocycles. The van der Waals surface area contributed by atoms with E-state index in [1.54, 1.807) is 46.8 Å². The lowest BCUT2D eigenvalue weighted by molar-refractivity contribution is -0.142. The maximum absolute atomic E-state index is 13.6. The number of benzene rings is 1. The fourth-order valence-corrected chi connectivity index (χ4v) is 3.12. The van der Waals surface area contributed by atoms with Gasteiger partial charge in [-0.05, 0) is 58.2 Å². The number of rotatable bonds is 9. The Bertz CT molecular complexity index is 814. The molecule has 8 heteroatoms. The number of ether oxygens (including phenoxy) is 1. The van der Waals surface area contributed by atoms with E-state index < -0.39 is 35.6 Å². The van der Waals surface area contributed by atoms with E-state index in [1.807, 2.05) is 13.8 Å². The summed E-state index contributed by atoms with van der Waals surface area (Å²) in [5.41, 5.74) is -0.283. The first-order valence-electron chi connectivity index (χ1n) is 10.8. The maximum atomic E-state index is 13.6. The molecule has 1 aromatic carbocycles. The molecule has 3 N–H and O–H groups in total. The molecule has 0 radical (unpaired) electrons. The van der Waals surface area contributed by atoms with Gasteiger partial charge in [0.1, 0.15) is 23.4 Å². The lowest BCUT2D eigenvalue weighted by atomic mass is 9.98. The van der Waals surface area contributed by atoms with Gasteiger partial charge in [0.15, 0.2) is 0 Å². The summed E-state index contributed by atoms with van der Waals surface area (Å²) in [5, 5.41) is 15.4. The van der Waals surface area contributed by atoms with Crippen LogP contribution < -0.4 is 10.6 Å². The van der Waals surface area contributed by atoms with Gasteiger partial charge in [-0.3, -0.25) is 9.59 Å². The lowest BCUT2D eigenvalue weighted by Gasteiger charge is -2.35. The molecule has 0 fully saturated rings. The third-order valence-corrected chi connectivity index (χ3v) is 4.39. The SMILES string of the molecule is C=CCN(C(=O)C(NC(=O)OC(C)(C)C)C(C)C)C(C(=O)NC(C)C)c1cccc(O)c1. The maximum Gasteiger partial charge on any atom is 0.408 e. The number of aromatic hydroxyl groups is 1. The fourth-order valence-electron chi connectivity index (χ4n) is 3.12. The van der Waals surface area contributed by atoms with Gasteiger partial charge in [-0.1, -0.05) is 32.1 Å². The van der Waals surface area contributed by atoms with E-state index >= 15 is 0 Å². The molecule has 8 nitrogen and oxygen atoms in total. The Balaban J connectivity index is 3.39. The van der Waals surface area contributed by atoms with Crippen LogP contribution in [0.4, 0.5) is 4.79 Å². The molecule has 0 heterocycles. The van der Waals surface area contributed by atoms with E-state index in [1.165, 1.54) is 23.1 Å². The Hall–Kier alpha value is -3.03. The molecule has 2 atom stereocenters. The summed E-state index contributed by atoms with van der Waals surface area (Å²) in [6, 6.07) is 4.08. The number of nitrogens with zero attached hydrogens (tertiary/aromatic N) is 1. The predicted octanol–water partition coefficient (Wildman–Crippen LogP) is 3.52. The first-order valence-corrected chi connectivity index (χ1v) is 10.8. The van der Waals surface area contributed by atoms with Crippen LogP contribution in [0.3, 0.4) is 0 Å². The summed E-state index contributed by atoms with van der Waals surface area (Å²) in [4.78, 5) is 40.5. The van der Waals surface area contributed by atoms with Crippen molar-refractivity contribution in [2.75, 3.05) is 6.54 Å². The summed E-state index contributed by atoms with van der Waals surface area (Å²) >= 11 is 0. The van der Waals surface area contributed by atoms with Gasteiger partial charge >= 0.3 is 6.09 Å². The topological polar surface area (TPSA) is 108 Å². The highest BCUT2D eigenvalue weighted by Gasteiger charge is 2.37. The van der Waals surface area contributed by atoms with Crippen LogP contribution in [0.15, 0.2) is 36.9 Å². The molecule has 0 aliphatic rings. The summed E-state index contributed by atoms with van der Waals surface area (Å²) in [7, 11) is 0. The highest BCUT2D eigenvalue weighted by molar-refractivity contribution is 5.92. The molecule has 0 aromatic heterocycles. The van der Waals surface area contributed by atoms with Gasteiger partial charge in [0, 0.05) is 12.6 Å². The number of amides is 3. The number of carbonyl (C=O) groups is 3. The van der Waals surface area contributed by atoms with Gasteiger partial charge in [-0.25, -0.2) is 4.79 Å². The lowest BCUT2D eigenvalue weighted by Crippen LogP contribution is -2.55. The summed E-state index contributed by atoms with van der Waals surface area (Å²) in [6.07, 6.45) is 0.796. The van der Waals surface area contributed by atoms with Gasteiger partial charge < -0.3 is 25.4 Å². The monoisotopic (exact) mass is 447 g/mol. The molecule has 32 heavy (non-hydrogen) atoms. The Labute approximate surface area is 191 Å². The standard InChI is InChI=1S/C24H37N3O5/c1-9-13-27(22(30)19(15(2)3)26-23(31)32-24(6,7)8)20(21(29)25-16(4)5)17-11-10-12-18(28)14-17/h9-12,14-16,19-20,28H,1,13H2,2-8H3,(H,25,29)(H,26,31). The molecular formula is C24H37N3O5. The second-order valence-corrected chi connectivity index (χ2v) is 9.31. The zero-order valence-electron chi connectivity index (χ0n) is 20.1. The average Bonchev–Trinajstić information content (AvgIpc) is 2.63. The van der Waals surface area contributed by atoms with Gasteiger partial charge in [-0.2, -0.15) is 0 Å². The third kappa shape index (κ3) is 8.24. The summed E-state index contributed by atoms with van der Waals surface area (Å²) in [6.45, 7) is 16.2. The van der Waals surface area contributed by atoms with Crippen LogP contribution in [0, 0.1) is 5.92 Å². The highest BCUT2D eigenvalue weighted by Crippen LogP contribution is 2.26. The van der Waals surface area contributed by atoms with Gasteiger partial charge in [-0.15, -0.1) is 6.58 Å². The number of hydrogen-bond donors (Lipinski definition) is 3. The van der Waals surface area contributed by atoms with Crippen molar-refractivity contribution in [1.29, 1.82) is 0 Å². The normalized spacial score (nSPS) is 13.3. The fraction of sp³-hybridized carbons (Fsp3) is 0.542. The van der Waals surface area contributed by atoms with Crippen molar-refractivity contribution >= 4 is 17.9 Å². The Kier molecular flexibility index (Phi) is 9.75. The molecule has 0 aliphatic carbocycles. The van der Waals surface area contributed by atoms with E-state index in [9.17, 15) is 19.5 Å². The van der Waals surface area contributed by atoms with Crippen LogP contribution in [-0.4, -0.2) is 52.1 Å².